The lowest BCUT2D eigenvalue weighted by molar-refractivity contribution is 0.0953. The predicted octanol–water partition coefficient (Wildman–Crippen LogP) is 5.18. The fourth-order valence-corrected chi connectivity index (χ4v) is 7.14. The summed E-state index contributed by atoms with van der Waals surface area (Å²) in [7, 11) is 2.15. The van der Waals surface area contributed by atoms with Gasteiger partial charge in [-0.3, -0.25) is 9.59 Å². The smallest absolute Gasteiger partial charge is 0.251 e. The number of benzene rings is 4. The van der Waals surface area contributed by atoms with Gasteiger partial charge in [-0.25, -0.2) is 0 Å². The van der Waals surface area contributed by atoms with Crippen LogP contribution in [0.4, 0.5) is 0 Å². The van der Waals surface area contributed by atoms with Gasteiger partial charge in [0.05, 0.1) is 11.6 Å². The minimum Gasteiger partial charge on any atom is -0.508 e. The molecule has 1 aliphatic rings. The number of likely N-dealkylation sites (tertiary alicyclic amines) is 1. The van der Waals surface area contributed by atoms with Crippen molar-refractivity contribution in [2.45, 2.75) is 43.6 Å². The van der Waals surface area contributed by atoms with E-state index >= 15 is 0 Å². The Morgan fingerprint density at radius 3 is 2.34 bits per heavy atom. The first-order valence-electron chi connectivity index (χ1n) is 17.4. The van der Waals surface area contributed by atoms with Crippen molar-refractivity contribution < 1.29 is 20.1 Å². The maximum absolute atomic E-state index is 12.9. The van der Waals surface area contributed by atoms with Crippen LogP contribution in [0.25, 0.3) is 10.9 Å². The van der Waals surface area contributed by atoms with E-state index in [1.807, 2.05) is 42.5 Å². The number of fused-ring (bicyclic) bond motifs is 1. The zero-order chi connectivity index (χ0) is 35.1. The Kier molecular flexibility index (Phi) is 11.0. The summed E-state index contributed by atoms with van der Waals surface area (Å²) in [4.78, 5) is 29.5. The van der Waals surface area contributed by atoms with Crippen LogP contribution in [-0.2, 0) is 18.3 Å². The largest absolute Gasteiger partial charge is 0.508 e. The Labute approximate surface area is 292 Å². The van der Waals surface area contributed by atoms with E-state index in [1.54, 1.807) is 12.1 Å². The van der Waals surface area contributed by atoms with Gasteiger partial charge in [-0.2, -0.15) is 0 Å². The molecule has 1 aliphatic heterocycles. The van der Waals surface area contributed by atoms with Crippen LogP contribution in [0.15, 0.2) is 102 Å². The van der Waals surface area contributed by atoms with Crippen LogP contribution in [0.2, 0.25) is 0 Å². The van der Waals surface area contributed by atoms with Gasteiger partial charge in [0.15, 0.2) is 0 Å². The number of piperidine rings is 1. The topological polar surface area (TPSA) is 138 Å². The molecule has 0 spiro atoms. The first-order valence-corrected chi connectivity index (χ1v) is 17.4. The molecule has 1 amide bonds. The van der Waals surface area contributed by atoms with Crippen molar-refractivity contribution in [1.82, 2.24) is 20.5 Å². The van der Waals surface area contributed by atoms with Crippen LogP contribution in [0, 0.1) is 0 Å². The highest BCUT2D eigenvalue weighted by Gasteiger charge is 2.39. The number of aromatic nitrogens is 1. The molecule has 2 heterocycles. The summed E-state index contributed by atoms with van der Waals surface area (Å²) in [5, 5.41) is 38.8. The van der Waals surface area contributed by atoms with Crippen molar-refractivity contribution in [1.29, 1.82) is 0 Å². The van der Waals surface area contributed by atoms with E-state index in [0.29, 0.717) is 47.4 Å². The van der Waals surface area contributed by atoms with E-state index in [4.69, 9.17) is 0 Å². The van der Waals surface area contributed by atoms with E-state index in [-0.39, 0.29) is 22.6 Å². The molecular formula is C41H46N4O5. The number of carbonyl (C=O) groups excluding carboxylic acids is 1. The summed E-state index contributed by atoms with van der Waals surface area (Å²) in [5.41, 5.74) is 5.45. The van der Waals surface area contributed by atoms with Crippen molar-refractivity contribution in [2.24, 2.45) is 0 Å². The lowest BCUT2D eigenvalue weighted by atomic mass is 9.67. The van der Waals surface area contributed by atoms with Crippen LogP contribution < -0.4 is 16.2 Å². The summed E-state index contributed by atoms with van der Waals surface area (Å²) in [5.74, 6) is 0.192. The minimum atomic E-state index is -0.823. The number of hydrogen-bond donors (Lipinski definition) is 6. The highest BCUT2D eigenvalue weighted by atomic mass is 16.3. The van der Waals surface area contributed by atoms with E-state index in [9.17, 15) is 24.9 Å². The molecule has 1 atom stereocenters. The Balaban J connectivity index is 0.968. The number of aromatic amines is 1. The first kappa shape index (κ1) is 34.9. The average molecular weight is 675 g/mol. The van der Waals surface area contributed by atoms with Gasteiger partial charge in [-0.05, 0) is 111 Å². The molecule has 6 N–H and O–H groups in total. The van der Waals surface area contributed by atoms with Crippen molar-refractivity contribution >= 4 is 16.8 Å². The monoisotopic (exact) mass is 674 g/mol. The second kappa shape index (κ2) is 15.7. The molecule has 1 aromatic heterocycles. The van der Waals surface area contributed by atoms with Crippen LogP contribution in [0.5, 0.6) is 11.5 Å². The Morgan fingerprint density at radius 1 is 0.860 bits per heavy atom. The van der Waals surface area contributed by atoms with Crippen molar-refractivity contribution in [2.75, 3.05) is 39.8 Å². The third-order valence-corrected chi connectivity index (χ3v) is 10.1. The molecule has 0 unspecified atom stereocenters. The van der Waals surface area contributed by atoms with Gasteiger partial charge in [0.2, 0.25) is 5.56 Å². The number of nitrogens with one attached hydrogen (secondary N) is 3. The van der Waals surface area contributed by atoms with Crippen LogP contribution in [0.1, 0.15) is 63.5 Å². The van der Waals surface area contributed by atoms with Crippen molar-refractivity contribution in [3.05, 3.63) is 141 Å². The number of phenolic OH excluding ortho intramolecular Hbond substituents is 2. The first-order chi connectivity index (χ1) is 24.2. The number of aromatic hydroxyl groups is 2. The van der Waals surface area contributed by atoms with Gasteiger partial charge in [0.1, 0.15) is 11.5 Å². The number of aryl methyl sites for hydroxylation is 1. The van der Waals surface area contributed by atoms with Crippen LogP contribution >= 0.6 is 0 Å². The third-order valence-electron chi connectivity index (χ3n) is 10.1. The molecule has 0 radical (unpaired) electrons. The zero-order valence-electron chi connectivity index (χ0n) is 28.5. The number of phenols is 2. The molecule has 0 saturated carbocycles. The fraction of sp³-hybridized carbons (Fsp3) is 0.317. The number of H-pyrrole nitrogens is 1. The Bertz CT molecular complexity index is 1970. The maximum Gasteiger partial charge on any atom is 0.251 e. The lowest BCUT2D eigenvalue weighted by Gasteiger charge is -2.42. The van der Waals surface area contributed by atoms with E-state index in [2.05, 4.69) is 57.9 Å². The summed E-state index contributed by atoms with van der Waals surface area (Å²) >= 11 is 0. The third kappa shape index (κ3) is 7.91. The lowest BCUT2D eigenvalue weighted by Crippen LogP contribution is -2.41. The van der Waals surface area contributed by atoms with Gasteiger partial charge in [-0.1, -0.05) is 60.7 Å². The molecule has 50 heavy (non-hydrogen) atoms. The summed E-state index contributed by atoms with van der Waals surface area (Å²) in [6, 6.07) is 30.2. The van der Waals surface area contributed by atoms with Gasteiger partial charge in [0.25, 0.3) is 5.91 Å². The second-order valence-corrected chi connectivity index (χ2v) is 13.4. The van der Waals surface area contributed by atoms with Crippen LogP contribution in [0.3, 0.4) is 0 Å². The van der Waals surface area contributed by atoms with E-state index in [1.165, 1.54) is 17.7 Å². The normalized spacial score (nSPS) is 15.2. The molecule has 0 aliphatic carbocycles. The number of hydrogen-bond acceptors (Lipinski definition) is 7. The van der Waals surface area contributed by atoms with Gasteiger partial charge in [0, 0.05) is 41.1 Å². The molecule has 1 fully saturated rings. The number of rotatable bonds is 13. The second-order valence-electron chi connectivity index (χ2n) is 13.4. The molecule has 1 saturated heterocycles. The summed E-state index contributed by atoms with van der Waals surface area (Å²) in [6.45, 7) is 3.41. The summed E-state index contributed by atoms with van der Waals surface area (Å²) in [6.07, 6.45) is 3.36. The number of nitrogens with zero attached hydrogens (tertiary/aromatic N) is 1. The maximum atomic E-state index is 12.9. The Hall–Kier alpha value is -4.96. The van der Waals surface area contributed by atoms with E-state index in [0.717, 1.165) is 61.9 Å². The quantitative estimate of drug-likeness (QED) is 0.0948. The molecule has 9 heteroatoms. The number of amides is 1. The number of pyridine rings is 1. The molecule has 5 aromatic rings. The molecule has 9 nitrogen and oxygen atoms in total. The van der Waals surface area contributed by atoms with Gasteiger partial charge >= 0.3 is 0 Å². The SMILES string of the molecule is CN1CCC(c2ccccc2)(c2cc(CCCNC(=O)c3ccc(CCNC[C@H](O)c4ccc(O)c5[nH]c(=O)ccc45)cc3)ccc2O)CC1. The highest BCUT2D eigenvalue weighted by molar-refractivity contribution is 5.94. The molecule has 0 bridgehead atoms. The average Bonchev–Trinajstić information content (AvgIpc) is 3.14. The highest BCUT2D eigenvalue weighted by Crippen LogP contribution is 2.45. The zero-order valence-corrected chi connectivity index (χ0v) is 28.5. The number of aliphatic hydroxyl groups excluding tert-OH is 1. The molecule has 260 valence electrons. The number of carbonyl (C=O) groups is 1. The van der Waals surface area contributed by atoms with Gasteiger partial charge < -0.3 is 35.8 Å². The fourth-order valence-electron chi connectivity index (χ4n) is 7.14. The predicted molar refractivity (Wildman–Crippen MR) is 197 cm³/mol. The van der Waals surface area contributed by atoms with Gasteiger partial charge in [-0.15, -0.1) is 0 Å². The molecule has 6 rings (SSSR count). The van der Waals surface area contributed by atoms with Crippen molar-refractivity contribution in [3.63, 3.8) is 0 Å². The molecule has 4 aromatic carbocycles. The Morgan fingerprint density at radius 2 is 1.58 bits per heavy atom. The molecular weight excluding hydrogens is 628 g/mol. The number of aliphatic hydroxyl groups is 1. The summed E-state index contributed by atoms with van der Waals surface area (Å²) < 4.78 is 0. The van der Waals surface area contributed by atoms with E-state index < -0.39 is 6.10 Å². The van der Waals surface area contributed by atoms with Crippen LogP contribution in [-0.4, -0.2) is 70.9 Å². The minimum absolute atomic E-state index is 0.0400. The standard InChI is InChI=1S/C41H46N4O5/c1-45-24-20-41(21-25-45,31-7-3-2-4-8-31)34-26-29(11-16-35(34)46)6-5-22-43-40(50)30-12-9-28(10-13-30)19-23-42-27-37(48)32-14-17-36(47)39-33(32)15-18-38(49)44-39/h2-4,7-18,26,37,42,46-48H,5-6,19-25,27H2,1H3,(H,43,50)(H,44,49)/t37-/m0/s1. The van der Waals surface area contributed by atoms with Crippen molar-refractivity contribution in [3.8, 4) is 11.5 Å².